The zero-order chi connectivity index (χ0) is 23.8. The van der Waals surface area contributed by atoms with Gasteiger partial charge >= 0.3 is 0 Å². The molecule has 0 fully saturated rings. The van der Waals surface area contributed by atoms with Crippen LogP contribution in [0.15, 0.2) is 73.1 Å². The Morgan fingerprint density at radius 1 is 1.09 bits per heavy atom. The van der Waals surface area contributed by atoms with Crippen molar-refractivity contribution in [1.82, 2.24) is 29.9 Å². The Balaban J connectivity index is 1.60. The molecule has 0 saturated heterocycles. The Labute approximate surface area is 199 Å². The Hall–Kier alpha value is -4.04. The van der Waals surface area contributed by atoms with E-state index in [9.17, 15) is 9.18 Å². The summed E-state index contributed by atoms with van der Waals surface area (Å²) >= 11 is 6.46. The van der Waals surface area contributed by atoms with E-state index in [4.69, 9.17) is 16.7 Å². The molecule has 2 heterocycles. The molecule has 170 valence electrons. The van der Waals surface area contributed by atoms with E-state index in [-0.39, 0.29) is 17.8 Å². The number of halogens is 2. The van der Waals surface area contributed by atoms with Crippen molar-refractivity contribution < 1.29 is 9.18 Å². The lowest BCUT2D eigenvalue weighted by Crippen LogP contribution is -2.28. The molecule has 0 aliphatic carbocycles. The smallest absolute Gasteiger partial charge is 0.251 e. The number of nitrogens with one attached hydrogen (secondary N) is 1. The summed E-state index contributed by atoms with van der Waals surface area (Å²) in [6.07, 6.45) is 1.58. The summed E-state index contributed by atoms with van der Waals surface area (Å²) in [6, 6.07) is 18.5. The molecule has 3 aromatic carbocycles. The van der Waals surface area contributed by atoms with E-state index in [0.29, 0.717) is 33.3 Å². The first-order chi connectivity index (χ1) is 16.4. The number of hydrogen-bond acceptors (Lipinski definition) is 4. The third-order valence-electron chi connectivity index (χ3n) is 5.62. The summed E-state index contributed by atoms with van der Waals surface area (Å²) in [5.74, 6) is 0.0414. The predicted octanol–water partition coefficient (Wildman–Crippen LogP) is 5.10. The molecule has 7 nitrogen and oxygen atoms in total. The minimum atomic E-state index is -0.343. The van der Waals surface area contributed by atoms with Gasteiger partial charge in [0, 0.05) is 23.6 Å². The van der Waals surface area contributed by atoms with Crippen molar-refractivity contribution in [1.29, 1.82) is 0 Å². The van der Waals surface area contributed by atoms with Gasteiger partial charge in [0.25, 0.3) is 5.91 Å². The predicted molar refractivity (Wildman–Crippen MR) is 128 cm³/mol. The summed E-state index contributed by atoms with van der Waals surface area (Å²) in [7, 11) is 1.82. The van der Waals surface area contributed by atoms with Crippen LogP contribution in [0.2, 0.25) is 5.02 Å². The monoisotopic (exact) mass is 474 g/mol. The van der Waals surface area contributed by atoms with Crippen LogP contribution in [0.3, 0.4) is 0 Å². The van der Waals surface area contributed by atoms with Crippen molar-refractivity contribution in [3.05, 3.63) is 95.3 Å². The molecule has 1 unspecified atom stereocenters. The van der Waals surface area contributed by atoms with Gasteiger partial charge < -0.3 is 9.88 Å². The maximum Gasteiger partial charge on any atom is 0.251 e. The molecule has 5 rings (SSSR count). The SMILES string of the molecule is CC(NC(=O)c1ccc2c(-c3ccccc3Cl)nn(-c3ccc(F)cc3)c2c1)c1nncn1C. The minimum absolute atomic E-state index is 0.261. The van der Waals surface area contributed by atoms with Crippen molar-refractivity contribution in [2.45, 2.75) is 13.0 Å². The van der Waals surface area contributed by atoms with Crippen LogP contribution in [-0.2, 0) is 7.05 Å². The van der Waals surface area contributed by atoms with Gasteiger partial charge in [0.15, 0.2) is 5.82 Å². The molecule has 1 atom stereocenters. The second-order valence-electron chi connectivity index (χ2n) is 7.94. The average Bonchev–Trinajstić information content (AvgIpc) is 3.43. The lowest BCUT2D eigenvalue weighted by Gasteiger charge is -2.13. The van der Waals surface area contributed by atoms with Crippen LogP contribution in [0.25, 0.3) is 27.8 Å². The number of rotatable bonds is 5. The number of benzene rings is 3. The van der Waals surface area contributed by atoms with Crippen LogP contribution in [-0.4, -0.2) is 30.5 Å². The van der Waals surface area contributed by atoms with Crippen molar-refractivity contribution in [3.63, 3.8) is 0 Å². The lowest BCUT2D eigenvalue weighted by molar-refractivity contribution is 0.0938. The summed E-state index contributed by atoms with van der Waals surface area (Å²) in [6.45, 7) is 1.85. The maximum absolute atomic E-state index is 13.6. The number of carbonyl (C=O) groups is 1. The third-order valence-corrected chi connectivity index (χ3v) is 5.95. The molecule has 1 N–H and O–H groups in total. The fraction of sp³-hybridized carbons (Fsp3) is 0.120. The summed E-state index contributed by atoms with van der Waals surface area (Å²) in [5.41, 5.74) is 3.25. The van der Waals surface area contributed by atoms with E-state index in [1.165, 1.54) is 12.1 Å². The van der Waals surface area contributed by atoms with Crippen molar-refractivity contribution in [2.75, 3.05) is 0 Å². The van der Waals surface area contributed by atoms with Gasteiger partial charge in [-0.15, -0.1) is 10.2 Å². The Bertz CT molecular complexity index is 1510. The highest BCUT2D eigenvalue weighted by atomic mass is 35.5. The summed E-state index contributed by atoms with van der Waals surface area (Å²) in [5, 5.41) is 17.0. The number of aromatic nitrogens is 5. The third kappa shape index (κ3) is 3.92. The number of aryl methyl sites for hydroxylation is 1. The Morgan fingerprint density at radius 2 is 1.85 bits per heavy atom. The van der Waals surface area contributed by atoms with E-state index >= 15 is 0 Å². The number of hydrogen-bond donors (Lipinski definition) is 1. The van der Waals surface area contributed by atoms with Crippen LogP contribution in [0.1, 0.15) is 29.1 Å². The molecule has 0 bridgehead atoms. The molecule has 0 spiro atoms. The van der Waals surface area contributed by atoms with Crippen LogP contribution in [0, 0.1) is 5.82 Å². The van der Waals surface area contributed by atoms with Gasteiger partial charge in [-0.3, -0.25) is 4.79 Å². The minimum Gasteiger partial charge on any atom is -0.342 e. The van der Waals surface area contributed by atoms with Crippen LogP contribution in [0.5, 0.6) is 0 Å². The normalized spacial score (nSPS) is 12.1. The average molecular weight is 475 g/mol. The second-order valence-corrected chi connectivity index (χ2v) is 8.35. The van der Waals surface area contributed by atoms with E-state index < -0.39 is 0 Å². The zero-order valence-electron chi connectivity index (χ0n) is 18.4. The van der Waals surface area contributed by atoms with E-state index in [1.54, 1.807) is 45.9 Å². The highest BCUT2D eigenvalue weighted by molar-refractivity contribution is 6.33. The molecule has 34 heavy (non-hydrogen) atoms. The van der Waals surface area contributed by atoms with E-state index in [1.807, 2.05) is 38.2 Å². The summed E-state index contributed by atoms with van der Waals surface area (Å²) < 4.78 is 17.0. The lowest BCUT2D eigenvalue weighted by atomic mass is 10.1. The Morgan fingerprint density at radius 3 is 2.56 bits per heavy atom. The van der Waals surface area contributed by atoms with Crippen LogP contribution in [0.4, 0.5) is 4.39 Å². The second kappa shape index (κ2) is 8.72. The molecular formula is C25H20ClFN6O. The van der Waals surface area contributed by atoms with E-state index in [2.05, 4.69) is 15.5 Å². The molecular weight excluding hydrogens is 455 g/mol. The standard InChI is InChI=1S/C25H20ClFN6O/c1-15(24-30-28-14-32(24)2)29-25(34)16-7-12-20-22(13-16)33(18-10-8-17(27)9-11-18)31-23(20)19-5-3-4-6-21(19)26/h3-15H,1-2H3,(H,29,34). The fourth-order valence-corrected chi connectivity index (χ4v) is 4.14. The van der Waals surface area contributed by atoms with Crippen molar-refractivity contribution in [2.24, 2.45) is 7.05 Å². The van der Waals surface area contributed by atoms with Crippen molar-refractivity contribution in [3.8, 4) is 16.9 Å². The number of amides is 1. The van der Waals surface area contributed by atoms with Crippen LogP contribution >= 0.6 is 11.6 Å². The summed E-state index contributed by atoms with van der Waals surface area (Å²) in [4.78, 5) is 13.1. The van der Waals surface area contributed by atoms with Gasteiger partial charge in [0.1, 0.15) is 17.8 Å². The first kappa shape index (κ1) is 21.8. The largest absolute Gasteiger partial charge is 0.342 e. The number of nitrogens with zero attached hydrogens (tertiary/aromatic N) is 5. The zero-order valence-corrected chi connectivity index (χ0v) is 19.2. The van der Waals surface area contributed by atoms with Crippen molar-refractivity contribution >= 4 is 28.4 Å². The Kier molecular flexibility index (Phi) is 5.59. The fourth-order valence-electron chi connectivity index (χ4n) is 3.92. The first-order valence-electron chi connectivity index (χ1n) is 10.6. The van der Waals surface area contributed by atoms with Gasteiger partial charge in [-0.2, -0.15) is 5.10 Å². The highest BCUT2D eigenvalue weighted by Gasteiger charge is 2.20. The molecule has 2 aromatic heterocycles. The highest BCUT2D eigenvalue weighted by Crippen LogP contribution is 2.34. The quantitative estimate of drug-likeness (QED) is 0.384. The number of carbonyl (C=O) groups excluding carboxylic acids is 1. The molecule has 9 heteroatoms. The molecule has 1 amide bonds. The molecule has 0 aliphatic heterocycles. The topological polar surface area (TPSA) is 77.6 Å². The van der Waals surface area contributed by atoms with Gasteiger partial charge in [0.05, 0.1) is 22.3 Å². The van der Waals surface area contributed by atoms with Gasteiger partial charge in [-0.25, -0.2) is 9.07 Å². The maximum atomic E-state index is 13.6. The molecule has 0 aliphatic rings. The van der Waals surface area contributed by atoms with E-state index in [0.717, 1.165) is 10.9 Å². The first-order valence-corrected chi connectivity index (χ1v) is 11.0. The molecule has 5 aromatic rings. The molecule has 0 saturated carbocycles. The van der Waals surface area contributed by atoms with Gasteiger partial charge in [-0.05, 0) is 55.5 Å². The number of fused-ring (bicyclic) bond motifs is 1. The molecule has 0 radical (unpaired) electrons. The van der Waals surface area contributed by atoms with Gasteiger partial charge in [0.2, 0.25) is 0 Å². The van der Waals surface area contributed by atoms with Crippen LogP contribution < -0.4 is 5.32 Å². The van der Waals surface area contributed by atoms with Gasteiger partial charge in [-0.1, -0.05) is 29.8 Å².